The van der Waals surface area contributed by atoms with E-state index < -0.39 is 0 Å². The highest BCUT2D eigenvalue weighted by molar-refractivity contribution is 5.95. The highest BCUT2D eigenvalue weighted by Crippen LogP contribution is 2.52. The molecule has 0 radical (unpaired) electrons. The molecule has 2 N–H and O–H groups in total. The maximum Gasteiger partial charge on any atom is 0.227 e. The number of nitrogen functional groups attached to an aromatic ring is 1. The summed E-state index contributed by atoms with van der Waals surface area (Å²) in [6.07, 6.45) is 0. The number of hydrogen-bond acceptors (Lipinski definition) is 3. The van der Waals surface area contributed by atoms with Gasteiger partial charge in [-0.2, -0.15) is 0 Å². The van der Waals surface area contributed by atoms with E-state index in [1.54, 1.807) is 0 Å². The summed E-state index contributed by atoms with van der Waals surface area (Å²) in [6.45, 7) is 4.54. The summed E-state index contributed by atoms with van der Waals surface area (Å²) < 4.78 is 6.15. The van der Waals surface area contributed by atoms with Crippen LogP contribution in [0.1, 0.15) is 25.0 Å². The fourth-order valence-corrected chi connectivity index (χ4v) is 4.91. The van der Waals surface area contributed by atoms with Crippen LogP contribution in [0.3, 0.4) is 0 Å². The third-order valence-corrected chi connectivity index (χ3v) is 6.46. The molecule has 0 bridgehead atoms. The molecule has 1 aromatic heterocycles. The van der Waals surface area contributed by atoms with Gasteiger partial charge in [-0.15, -0.1) is 0 Å². The normalized spacial score (nSPS) is 13.9. The first-order valence-electron chi connectivity index (χ1n) is 10.5. The summed E-state index contributed by atoms with van der Waals surface area (Å²) in [5.41, 5.74) is 16.8. The number of oxazole rings is 1. The number of rotatable bonds is 2. The van der Waals surface area contributed by atoms with Crippen molar-refractivity contribution in [3.8, 4) is 33.7 Å². The van der Waals surface area contributed by atoms with Gasteiger partial charge in [0.1, 0.15) is 5.52 Å². The fraction of sp³-hybridized carbons (Fsp3) is 0.107. The summed E-state index contributed by atoms with van der Waals surface area (Å²) in [7, 11) is 0. The molecule has 3 heteroatoms. The van der Waals surface area contributed by atoms with E-state index >= 15 is 0 Å². The molecule has 0 saturated carbocycles. The van der Waals surface area contributed by atoms with Crippen LogP contribution in [0.25, 0.3) is 44.8 Å². The Morgan fingerprint density at radius 2 is 1.48 bits per heavy atom. The Balaban J connectivity index is 1.55. The van der Waals surface area contributed by atoms with Gasteiger partial charge in [-0.1, -0.05) is 68.4 Å². The maximum atomic E-state index is 6.26. The number of anilines is 1. The van der Waals surface area contributed by atoms with Gasteiger partial charge in [0.15, 0.2) is 5.58 Å². The van der Waals surface area contributed by atoms with Crippen LogP contribution in [0, 0.1) is 0 Å². The highest BCUT2D eigenvalue weighted by Gasteiger charge is 2.38. The SMILES string of the molecule is CC1(C)c2cc(-c3ccccc3N)ccc2-c2ccc3oc(-c4ccccc4)nc3c21. The number of aromatic nitrogens is 1. The number of para-hydroxylation sites is 1. The smallest absolute Gasteiger partial charge is 0.227 e. The molecule has 1 heterocycles. The van der Waals surface area contributed by atoms with E-state index in [0.29, 0.717) is 5.89 Å². The van der Waals surface area contributed by atoms with E-state index in [1.165, 1.54) is 22.3 Å². The van der Waals surface area contributed by atoms with Crippen LogP contribution in [0.5, 0.6) is 0 Å². The zero-order valence-corrected chi connectivity index (χ0v) is 17.5. The Bertz CT molecular complexity index is 1460. The second-order valence-electron chi connectivity index (χ2n) is 8.69. The van der Waals surface area contributed by atoms with Crippen molar-refractivity contribution in [1.29, 1.82) is 0 Å². The van der Waals surface area contributed by atoms with Crippen molar-refractivity contribution < 1.29 is 4.42 Å². The lowest BCUT2D eigenvalue weighted by Crippen LogP contribution is -2.15. The van der Waals surface area contributed by atoms with Crippen LogP contribution in [-0.2, 0) is 5.41 Å². The minimum atomic E-state index is -0.200. The van der Waals surface area contributed by atoms with Crippen LogP contribution in [0.4, 0.5) is 5.69 Å². The molecule has 4 aromatic carbocycles. The van der Waals surface area contributed by atoms with Crippen molar-refractivity contribution in [3.63, 3.8) is 0 Å². The Morgan fingerprint density at radius 3 is 2.29 bits per heavy atom. The van der Waals surface area contributed by atoms with Gasteiger partial charge in [0.05, 0.1) is 0 Å². The van der Waals surface area contributed by atoms with E-state index in [2.05, 4.69) is 44.2 Å². The Kier molecular flexibility index (Phi) is 3.66. The van der Waals surface area contributed by atoms with Gasteiger partial charge in [0.2, 0.25) is 5.89 Å². The van der Waals surface area contributed by atoms with Gasteiger partial charge in [0.25, 0.3) is 0 Å². The van der Waals surface area contributed by atoms with E-state index in [-0.39, 0.29) is 5.41 Å². The fourth-order valence-electron chi connectivity index (χ4n) is 4.91. The largest absolute Gasteiger partial charge is 0.436 e. The minimum absolute atomic E-state index is 0.200. The summed E-state index contributed by atoms with van der Waals surface area (Å²) >= 11 is 0. The molecule has 3 nitrogen and oxygen atoms in total. The van der Waals surface area contributed by atoms with Gasteiger partial charge >= 0.3 is 0 Å². The number of nitrogens with two attached hydrogens (primary N) is 1. The molecule has 1 aliphatic carbocycles. The van der Waals surface area contributed by atoms with Crippen molar-refractivity contribution in [2.45, 2.75) is 19.3 Å². The van der Waals surface area contributed by atoms with E-state index in [1.807, 2.05) is 54.6 Å². The van der Waals surface area contributed by atoms with Gasteiger partial charge in [-0.3, -0.25) is 0 Å². The zero-order chi connectivity index (χ0) is 21.2. The second kappa shape index (κ2) is 6.32. The van der Waals surface area contributed by atoms with E-state index in [0.717, 1.165) is 33.5 Å². The van der Waals surface area contributed by atoms with Crippen LogP contribution >= 0.6 is 0 Å². The number of hydrogen-bond donors (Lipinski definition) is 1. The van der Waals surface area contributed by atoms with Crippen LogP contribution in [0.2, 0.25) is 0 Å². The summed E-state index contributed by atoms with van der Waals surface area (Å²) in [6, 6.07) is 29.0. The van der Waals surface area contributed by atoms with Gasteiger partial charge in [-0.25, -0.2) is 4.98 Å². The molecule has 0 amide bonds. The predicted octanol–water partition coefficient (Wildman–Crippen LogP) is 7.05. The third-order valence-electron chi connectivity index (χ3n) is 6.46. The topological polar surface area (TPSA) is 52.0 Å². The highest BCUT2D eigenvalue weighted by atomic mass is 16.3. The van der Waals surface area contributed by atoms with Crippen molar-refractivity contribution in [3.05, 3.63) is 96.1 Å². The third kappa shape index (κ3) is 2.56. The maximum absolute atomic E-state index is 6.26. The summed E-state index contributed by atoms with van der Waals surface area (Å²) in [4.78, 5) is 4.94. The lowest BCUT2D eigenvalue weighted by Gasteiger charge is -2.22. The molecule has 0 fully saturated rings. The van der Waals surface area contributed by atoms with Crippen molar-refractivity contribution in [2.24, 2.45) is 0 Å². The number of fused-ring (bicyclic) bond motifs is 5. The molecule has 0 unspecified atom stereocenters. The molecule has 0 spiro atoms. The molecule has 31 heavy (non-hydrogen) atoms. The first-order chi connectivity index (χ1) is 15.0. The number of nitrogens with zero attached hydrogens (tertiary/aromatic N) is 1. The monoisotopic (exact) mass is 402 g/mol. The molecule has 5 aromatic rings. The lowest BCUT2D eigenvalue weighted by atomic mass is 9.81. The summed E-state index contributed by atoms with van der Waals surface area (Å²) in [5.74, 6) is 0.661. The molecule has 1 aliphatic rings. The van der Waals surface area contributed by atoms with E-state index in [4.69, 9.17) is 15.1 Å². The first-order valence-corrected chi connectivity index (χ1v) is 10.5. The Hall–Kier alpha value is -3.85. The van der Waals surface area contributed by atoms with Crippen molar-refractivity contribution in [2.75, 3.05) is 5.73 Å². The zero-order valence-electron chi connectivity index (χ0n) is 17.5. The van der Waals surface area contributed by atoms with E-state index in [9.17, 15) is 0 Å². The Labute approximate surface area is 181 Å². The average molecular weight is 402 g/mol. The molecule has 0 atom stereocenters. The average Bonchev–Trinajstić information content (AvgIpc) is 3.32. The molecule has 0 aliphatic heterocycles. The van der Waals surface area contributed by atoms with Gasteiger partial charge < -0.3 is 10.2 Å². The lowest BCUT2D eigenvalue weighted by molar-refractivity contribution is 0.619. The quantitative estimate of drug-likeness (QED) is 0.322. The molecule has 150 valence electrons. The predicted molar refractivity (Wildman–Crippen MR) is 127 cm³/mol. The summed E-state index contributed by atoms with van der Waals surface area (Å²) in [5, 5.41) is 0. The van der Waals surface area contributed by atoms with Crippen LogP contribution < -0.4 is 5.73 Å². The second-order valence-corrected chi connectivity index (χ2v) is 8.69. The molecule has 6 rings (SSSR count). The van der Waals surface area contributed by atoms with Crippen LogP contribution in [-0.4, -0.2) is 4.98 Å². The number of benzene rings is 4. The molecule has 0 saturated heterocycles. The molecular formula is C28H22N2O. The first kappa shape index (κ1) is 18.0. The van der Waals surface area contributed by atoms with Gasteiger partial charge in [0, 0.05) is 22.2 Å². The minimum Gasteiger partial charge on any atom is -0.436 e. The van der Waals surface area contributed by atoms with Crippen molar-refractivity contribution in [1.82, 2.24) is 4.98 Å². The van der Waals surface area contributed by atoms with Crippen LogP contribution in [0.15, 0.2) is 89.3 Å². The van der Waals surface area contributed by atoms with Gasteiger partial charge in [-0.05, 0) is 58.1 Å². The molecular weight excluding hydrogens is 380 g/mol. The standard InChI is InChI=1S/C28H22N2O/c1-28(2)22-16-18(19-10-6-7-11-23(19)29)12-13-20(22)21-14-15-24-26(25(21)28)30-27(31-24)17-8-4-3-5-9-17/h3-16H,29H2,1-2H3. The van der Waals surface area contributed by atoms with Crippen molar-refractivity contribution >= 4 is 16.8 Å². The Morgan fingerprint density at radius 1 is 0.742 bits per heavy atom.